The van der Waals surface area contributed by atoms with Crippen LogP contribution in [0, 0.1) is 12.7 Å². The molecule has 0 aliphatic rings. The van der Waals surface area contributed by atoms with E-state index in [0.717, 1.165) is 0 Å². The van der Waals surface area contributed by atoms with E-state index in [0.29, 0.717) is 5.56 Å². The molecule has 2 nitrogen and oxygen atoms in total. The SMILES string of the molecule is Cc1cccc(OCC(C)(C)O)c1F. The van der Waals surface area contributed by atoms with Crippen LogP contribution in [0.5, 0.6) is 5.75 Å². The van der Waals surface area contributed by atoms with E-state index in [1.54, 1.807) is 39.0 Å². The molecule has 0 aliphatic carbocycles. The first-order valence-electron chi connectivity index (χ1n) is 4.50. The van der Waals surface area contributed by atoms with Gasteiger partial charge >= 0.3 is 0 Å². The molecule has 0 aromatic heterocycles. The van der Waals surface area contributed by atoms with E-state index < -0.39 is 5.60 Å². The van der Waals surface area contributed by atoms with Gasteiger partial charge in [-0.25, -0.2) is 4.39 Å². The molecule has 0 radical (unpaired) electrons. The summed E-state index contributed by atoms with van der Waals surface area (Å²) in [5.74, 6) is -0.177. The minimum atomic E-state index is -0.948. The van der Waals surface area contributed by atoms with E-state index in [-0.39, 0.29) is 18.2 Å². The van der Waals surface area contributed by atoms with Gasteiger partial charge in [-0.1, -0.05) is 12.1 Å². The van der Waals surface area contributed by atoms with Crippen molar-refractivity contribution in [2.45, 2.75) is 26.4 Å². The first-order chi connectivity index (χ1) is 6.40. The minimum Gasteiger partial charge on any atom is -0.488 e. The maximum atomic E-state index is 13.4. The summed E-state index contributed by atoms with van der Waals surface area (Å²) >= 11 is 0. The van der Waals surface area contributed by atoms with Gasteiger partial charge in [0.15, 0.2) is 11.6 Å². The van der Waals surface area contributed by atoms with Crippen molar-refractivity contribution in [2.24, 2.45) is 0 Å². The van der Waals surface area contributed by atoms with Crippen molar-refractivity contribution in [1.82, 2.24) is 0 Å². The summed E-state index contributed by atoms with van der Waals surface area (Å²) in [6, 6.07) is 4.94. The van der Waals surface area contributed by atoms with Gasteiger partial charge in [0.1, 0.15) is 6.61 Å². The molecular weight excluding hydrogens is 183 g/mol. The third kappa shape index (κ3) is 3.00. The van der Waals surface area contributed by atoms with Crippen LogP contribution in [0.15, 0.2) is 18.2 Å². The predicted octanol–water partition coefficient (Wildman–Crippen LogP) is 2.28. The number of hydrogen-bond donors (Lipinski definition) is 1. The van der Waals surface area contributed by atoms with Crippen LogP contribution in [0.4, 0.5) is 4.39 Å². The molecule has 0 fully saturated rings. The van der Waals surface area contributed by atoms with E-state index in [1.165, 1.54) is 0 Å². The third-order valence-electron chi connectivity index (χ3n) is 1.74. The smallest absolute Gasteiger partial charge is 0.167 e. The fourth-order valence-corrected chi connectivity index (χ4v) is 0.986. The number of aliphatic hydroxyl groups is 1. The average Bonchev–Trinajstić information content (AvgIpc) is 2.06. The van der Waals surface area contributed by atoms with E-state index in [4.69, 9.17) is 4.74 Å². The molecule has 1 aromatic carbocycles. The summed E-state index contributed by atoms with van der Waals surface area (Å²) < 4.78 is 18.5. The normalized spacial score (nSPS) is 11.5. The first kappa shape index (κ1) is 11.0. The van der Waals surface area contributed by atoms with Gasteiger partial charge in [-0.2, -0.15) is 0 Å². The summed E-state index contributed by atoms with van der Waals surface area (Å²) in [6.45, 7) is 4.97. The Morgan fingerprint density at radius 2 is 2.07 bits per heavy atom. The van der Waals surface area contributed by atoms with Crippen LogP contribution >= 0.6 is 0 Å². The van der Waals surface area contributed by atoms with Crippen molar-refractivity contribution in [2.75, 3.05) is 6.61 Å². The highest BCUT2D eigenvalue weighted by atomic mass is 19.1. The molecule has 0 saturated carbocycles. The van der Waals surface area contributed by atoms with E-state index in [9.17, 15) is 9.50 Å². The predicted molar refractivity (Wildman–Crippen MR) is 52.9 cm³/mol. The number of aryl methyl sites for hydroxylation is 1. The van der Waals surface area contributed by atoms with Crippen molar-refractivity contribution in [3.63, 3.8) is 0 Å². The van der Waals surface area contributed by atoms with E-state index in [1.807, 2.05) is 0 Å². The maximum Gasteiger partial charge on any atom is 0.167 e. The fraction of sp³-hybridized carbons (Fsp3) is 0.455. The second-order valence-electron chi connectivity index (χ2n) is 3.99. The third-order valence-corrected chi connectivity index (χ3v) is 1.74. The molecule has 0 heterocycles. The zero-order chi connectivity index (χ0) is 10.8. The van der Waals surface area contributed by atoms with Gasteiger partial charge in [-0.15, -0.1) is 0 Å². The monoisotopic (exact) mass is 198 g/mol. The Kier molecular flexibility index (Phi) is 3.11. The molecule has 1 rings (SSSR count). The molecule has 78 valence electrons. The Labute approximate surface area is 83.3 Å². The lowest BCUT2D eigenvalue weighted by atomic mass is 10.1. The molecule has 0 spiro atoms. The first-order valence-corrected chi connectivity index (χ1v) is 4.50. The Morgan fingerprint density at radius 3 is 2.64 bits per heavy atom. The van der Waals surface area contributed by atoms with Crippen LogP contribution in [0.25, 0.3) is 0 Å². The zero-order valence-corrected chi connectivity index (χ0v) is 8.67. The van der Waals surface area contributed by atoms with E-state index >= 15 is 0 Å². The number of hydrogen-bond acceptors (Lipinski definition) is 2. The van der Waals surface area contributed by atoms with E-state index in [2.05, 4.69) is 0 Å². The molecule has 1 N–H and O–H groups in total. The van der Waals surface area contributed by atoms with Crippen molar-refractivity contribution >= 4 is 0 Å². The molecule has 0 atom stereocenters. The summed E-state index contributed by atoms with van der Waals surface area (Å²) in [6.07, 6.45) is 0. The van der Waals surface area contributed by atoms with Gasteiger partial charge in [0.25, 0.3) is 0 Å². The summed E-state index contributed by atoms with van der Waals surface area (Å²) in [5.41, 5.74) is -0.408. The Bertz CT molecular complexity index is 316. The van der Waals surface area contributed by atoms with Gasteiger partial charge in [-0.05, 0) is 32.4 Å². The number of halogens is 1. The second-order valence-corrected chi connectivity index (χ2v) is 3.99. The molecule has 0 saturated heterocycles. The molecule has 0 amide bonds. The van der Waals surface area contributed by atoms with Crippen LogP contribution in [-0.2, 0) is 0 Å². The molecule has 0 bridgehead atoms. The Balaban J connectivity index is 2.73. The lowest BCUT2D eigenvalue weighted by molar-refractivity contribution is 0.0271. The van der Waals surface area contributed by atoms with Crippen LogP contribution in [0.3, 0.4) is 0 Å². The molecular formula is C11H15FO2. The lowest BCUT2D eigenvalue weighted by Crippen LogP contribution is -2.28. The highest BCUT2D eigenvalue weighted by molar-refractivity contribution is 5.30. The summed E-state index contributed by atoms with van der Waals surface area (Å²) in [7, 11) is 0. The lowest BCUT2D eigenvalue weighted by Gasteiger charge is -2.18. The van der Waals surface area contributed by atoms with Gasteiger partial charge in [-0.3, -0.25) is 0 Å². The number of rotatable bonds is 3. The van der Waals surface area contributed by atoms with Crippen LogP contribution in [0.2, 0.25) is 0 Å². The standard InChI is InChI=1S/C11H15FO2/c1-8-5-4-6-9(10(8)12)14-7-11(2,3)13/h4-6,13H,7H2,1-3H3. The van der Waals surface area contributed by atoms with Crippen molar-refractivity contribution < 1.29 is 14.2 Å². The number of benzene rings is 1. The number of ether oxygens (including phenoxy) is 1. The summed E-state index contributed by atoms with van der Waals surface area (Å²) in [4.78, 5) is 0. The molecule has 3 heteroatoms. The Hall–Kier alpha value is -1.09. The van der Waals surface area contributed by atoms with Crippen molar-refractivity contribution in [1.29, 1.82) is 0 Å². The minimum absolute atomic E-state index is 0.0768. The van der Waals surface area contributed by atoms with Crippen molar-refractivity contribution in [3.8, 4) is 5.75 Å². The molecule has 1 aromatic rings. The van der Waals surface area contributed by atoms with Gasteiger partial charge in [0.2, 0.25) is 0 Å². The second kappa shape index (κ2) is 3.96. The highest BCUT2D eigenvalue weighted by Crippen LogP contribution is 2.20. The van der Waals surface area contributed by atoms with Crippen LogP contribution in [-0.4, -0.2) is 17.3 Å². The Morgan fingerprint density at radius 1 is 1.43 bits per heavy atom. The fourth-order valence-electron chi connectivity index (χ4n) is 0.986. The van der Waals surface area contributed by atoms with Gasteiger partial charge in [0.05, 0.1) is 5.60 Å². The molecule has 0 unspecified atom stereocenters. The average molecular weight is 198 g/mol. The van der Waals surface area contributed by atoms with Gasteiger partial charge in [0, 0.05) is 0 Å². The molecule has 0 aliphatic heterocycles. The topological polar surface area (TPSA) is 29.5 Å². The summed E-state index contributed by atoms with van der Waals surface area (Å²) in [5, 5.41) is 9.39. The van der Waals surface area contributed by atoms with Gasteiger partial charge < -0.3 is 9.84 Å². The zero-order valence-electron chi connectivity index (χ0n) is 8.67. The maximum absolute atomic E-state index is 13.4. The van der Waals surface area contributed by atoms with Crippen molar-refractivity contribution in [3.05, 3.63) is 29.6 Å². The highest BCUT2D eigenvalue weighted by Gasteiger charge is 2.15. The largest absolute Gasteiger partial charge is 0.488 e. The molecule has 14 heavy (non-hydrogen) atoms. The van der Waals surface area contributed by atoms with Crippen LogP contribution < -0.4 is 4.74 Å². The quantitative estimate of drug-likeness (QED) is 0.807. The van der Waals surface area contributed by atoms with Crippen LogP contribution in [0.1, 0.15) is 19.4 Å².